The fraction of sp³-hybridized carbons (Fsp3) is 0.471. The number of anilines is 1. The van der Waals surface area contributed by atoms with E-state index in [9.17, 15) is 9.59 Å². The van der Waals surface area contributed by atoms with E-state index in [1.807, 2.05) is 24.3 Å². The van der Waals surface area contributed by atoms with Crippen molar-refractivity contribution < 1.29 is 9.59 Å². The van der Waals surface area contributed by atoms with E-state index in [-0.39, 0.29) is 24.4 Å². The molecule has 1 aliphatic rings. The van der Waals surface area contributed by atoms with Gasteiger partial charge in [0.25, 0.3) is 0 Å². The molecule has 0 N–H and O–H groups in total. The molecule has 2 rings (SSSR count). The van der Waals surface area contributed by atoms with Crippen LogP contribution in [0.1, 0.15) is 12.8 Å². The predicted octanol–water partition coefficient (Wildman–Crippen LogP) is 1.75. The Morgan fingerprint density at radius 2 is 2.12 bits per heavy atom. The monoisotopic (exact) mass is 348 g/mol. The average molecular weight is 349 g/mol. The van der Waals surface area contributed by atoms with Gasteiger partial charge in [-0.25, -0.2) is 0 Å². The fourth-order valence-electron chi connectivity index (χ4n) is 2.77. The molecular formula is C17H21ClN4O2. The number of para-hydroxylation sites is 1. The van der Waals surface area contributed by atoms with E-state index in [2.05, 4.69) is 0 Å². The summed E-state index contributed by atoms with van der Waals surface area (Å²) in [4.78, 5) is 29.8. The molecular weight excluding hydrogens is 328 g/mol. The molecule has 1 saturated heterocycles. The molecule has 0 spiro atoms. The second kappa shape index (κ2) is 8.13. The summed E-state index contributed by atoms with van der Waals surface area (Å²) in [7, 11) is 3.44. The van der Waals surface area contributed by atoms with Crippen molar-refractivity contribution >= 4 is 29.1 Å². The Morgan fingerprint density at radius 1 is 1.42 bits per heavy atom. The van der Waals surface area contributed by atoms with Gasteiger partial charge in [-0.1, -0.05) is 23.7 Å². The Labute approximate surface area is 147 Å². The van der Waals surface area contributed by atoms with Crippen molar-refractivity contribution in [3.8, 4) is 6.07 Å². The summed E-state index contributed by atoms with van der Waals surface area (Å²) in [5, 5.41) is 9.13. The summed E-state index contributed by atoms with van der Waals surface area (Å²) in [6.07, 6.45) is 0.949. The van der Waals surface area contributed by atoms with Crippen LogP contribution < -0.4 is 4.90 Å². The molecule has 128 valence electrons. The molecule has 1 aromatic carbocycles. The maximum absolute atomic E-state index is 12.7. The van der Waals surface area contributed by atoms with E-state index in [4.69, 9.17) is 16.9 Å². The largest absolute Gasteiger partial charge is 0.344 e. The van der Waals surface area contributed by atoms with E-state index in [0.717, 1.165) is 0 Å². The number of carbonyl (C=O) groups is 2. The fourth-order valence-corrected chi connectivity index (χ4v) is 3.01. The van der Waals surface area contributed by atoms with E-state index >= 15 is 0 Å². The van der Waals surface area contributed by atoms with Crippen LogP contribution in [0.25, 0.3) is 0 Å². The van der Waals surface area contributed by atoms with Gasteiger partial charge in [-0.15, -0.1) is 0 Å². The summed E-state index contributed by atoms with van der Waals surface area (Å²) >= 11 is 6.18. The third kappa shape index (κ3) is 4.05. The Hall–Kier alpha value is -2.10. The zero-order valence-corrected chi connectivity index (χ0v) is 14.7. The minimum atomic E-state index is -0.338. The molecule has 1 aromatic rings. The van der Waals surface area contributed by atoms with Gasteiger partial charge in [-0.2, -0.15) is 5.26 Å². The lowest BCUT2D eigenvalue weighted by molar-refractivity contribution is -0.132. The Balaban J connectivity index is 1.98. The van der Waals surface area contributed by atoms with E-state index in [1.165, 1.54) is 4.90 Å². The highest BCUT2D eigenvalue weighted by Gasteiger charge is 2.36. The zero-order chi connectivity index (χ0) is 17.7. The van der Waals surface area contributed by atoms with E-state index < -0.39 is 0 Å². The van der Waals surface area contributed by atoms with Gasteiger partial charge in [-0.05, 0) is 25.6 Å². The first-order chi connectivity index (χ1) is 11.5. The smallest absolute Gasteiger partial charge is 0.244 e. The van der Waals surface area contributed by atoms with Gasteiger partial charge in [0, 0.05) is 20.1 Å². The topological polar surface area (TPSA) is 67.7 Å². The van der Waals surface area contributed by atoms with Crippen molar-refractivity contribution in [1.82, 2.24) is 9.80 Å². The van der Waals surface area contributed by atoms with Crippen LogP contribution in [-0.4, -0.2) is 61.4 Å². The summed E-state index contributed by atoms with van der Waals surface area (Å²) in [6, 6.07) is 8.93. The number of nitrogens with zero attached hydrogens (tertiary/aromatic N) is 4. The number of rotatable bonds is 6. The van der Waals surface area contributed by atoms with Gasteiger partial charge in [-0.3, -0.25) is 14.5 Å². The Morgan fingerprint density at radius 3 is 2.79 bits per heavy atom. The van der Waals surface area contributed by atoms with Crippen molar-refractivity contribution in [3.63, 3.8) is 0 Å². The highest BCUT2D eigenvalue weighted by atomic mass is 35.5. The third-order valence-corrected chi connectivity index (χ3v) is 4.54. The molecule has 7 heteroatoms. The average Bonchev–Trinajstić information content (AvgIpc) is 2.94. The van der Waals surface area contributed by atoms with Crippen molar-refractivity contribution in [2.75, 3.05) is 38.6 Å². The van der Waals surface area contributed by atoms with Gasteiger partial charge in [0.15, 0.2) is 0 Å². The van der Waals surface area contributed by atoms with Gasteiger partial charge in [0.2, 0.25) is 11.8 Å². The van der Waals surface area contributed by atoms with Crippen LogP contribution in [0.15, 0.2) is 24.3 Å². The number of halogens is 1. The minimum Gasteiger partial charge on any atom is -0.344 e. The van der Waals surface area contributed by atoms with Crippen LogP contribution in [0.2, 0.25) is 5.02 Å². The molecule has 1 atom stereocenters. The van der Waals surface area contributed by atoms with E-state index in [1.54, 1.807) is 30.0 Å². The Bertz CT molecular complexity index is 658. The van der Waals surface area contributed by atoms with Gasteiger partial charge < -0.3 is 9.80 Å². The molecule has 0 aliphatic carbocycles. The van der Waals surface area contributed by atoms with Crippen molar-refractivity contribution in [2.45, 2.75) is 18.9 Å². The molecule has 1 aliphatic heterocycles. The number of hydrogen-bond donors (Lipinski definition) is 0. The number of hydrogen-bond acceptors (Lipinski definition) is 4. The minimum absolute atomic E-state index is 0.0434. The number of nitriles is 1. The Kier molecular flexibility index (Phi) is 6.18. The van der Waals surface area contributed by atoms with Crippen LogP contribution in [0.3, 0.4) is 0 Å². The standard InChI is InChI=1S/C17H21ClN4O2/c1-20(10-5-9-19)16(23)12-21(2)15-8-11-22(17(15)24)14-7-4-3-6-13(14)18/h3-4,6-7,15H,5,8,10-12H2,1-2H3/t15-/m0/s1. The normalized spacial score (nSPS) is 17.2. The highest BCUT2D eigenvalue weighted by Crippen LogP contribution is 2.30. The summed E-state index contributed by atoms with van der Waals surface area (Å²) < 4.78 is 0. The van der Waals surface area contributed by atoms with Crippen LogP contribution in [0, 0.1) is 11.3 Å². The molecule has 1 fully saturated rings. The number of likely N-dealkylation sites (N-methyl/N-ethyl adjacent to an activating group) is 2. The number of carbonyl (C=O) groups excluding carboxylic acids is 2. The first-order valence-corrected chi connectivity index (χ1v) is 8.20. The molecule has 0 radical (unpaired) electrons. The second-order valence-electron chi connectivity index (χ2n) is 5.88. The maximum Gasteiger partial charge on any atom is 0.244 e. The highest BCUT2D eigenvalue weighted by molar-refractivity contribution is 6.33. The lowest BCUT2D eigenvalue weighted by atomic mass is 10.2. The van der Waals surface area contributed by atoms with Crippen LogP contribution in [0.4, 0.5) is 5.69 Å². The SMILES string of the molecule is CN(CCC#N)C(=O)CN(C)[C@H]1CCN(c2ccccc2Cl)C1=O. The quantitative estimate of drug-likeness (QED) is 0.785. The molecule has 6 nitrogen and oxygen atoms in total. The summed E-state index contributed by atoms with van der Waals surface area (Å²) in [5.41, 5.74) is 0.706. The number of benzene rings is 1. The first-order valence-electron chi connectivity index (χ1n) is 7.82. The van der Waals surface area contributed by atoms with Crippen molar-refractivity contribution in [2.24, 2.45) is 0 Å². The van der Waals surface area contributed by atoms with Crippen molar-refractivity contribution in [3.05, 3.63) is 29.3 Å². The predicted molar refractivity (Wildman–Crippen MR) is 92.7 cm³/mol. The summed E-state index contributed by atoms with van der Waals surface area (Å²) in [6.45, 7) is 1.12. The van der Waals surface area contributed by atoms with Gasteiger partial charge in [0.05, 0.1) is 35.8 Å². The molecule has 24 heavy (non-hydrogen) atoms. The molecule has 2 amide bonds. The van der Waals surface area contributed by atoms with Gasteiger partial charge >= 0.3 is 0 Å². The third-order valence-electron chi connectivity index (χ3n) is 4.22. The van der Waals surface area contributed by atoms with Crippen molar-refractivity contribution in [1.29, 1.82) is 5.26 Å². The zero-order valence-electron chi connectivity index (χ0n) is 13.9. The summed E-state index contributed by atoms with van der Waals surface area (Å²) in [5.74, 6) is -0.144. The molecule has 0 bridgehead atoms. The molecule has 0 saturated carbocycles. The van der Waals surface area contributed by atoms with Crippen LogP contribution >= 0.6 is 11.6 Å². The van der Waals surface area contributed by atoms with E-state index in [0.29, 0.717) is 36.6 Å². The lowest BCUT2D eigenvalue weighted by Crippen LogP contribution is -2.45. The lowest BCUT2D eigenvalue weighted by Gasteiger charge is -2.25. The van der Waals surface area contributed by atoms with Crippen LogP contribution in [-0.2, 0) is 9.59 Å². The maximum atomic E-state index is 12.7. The first kappa shape index (κ1) is 18.2. The molecule has 0 aromatic heterocycles. The number of amides is 2. The second-order valence-corrected chi connectivity index (χ2v) is 6.29. The van der Waals surface area contributed by atoms with Crippen LogP contribution in [0.5, 0.6) is 0 Å². The molecule has 0 unspecified atom stereocenters. The molecule has 1 heterocycles. The van der Waals surface area contributed by atoms with Gasteiger partial charge in [0.1, 0.15) is 0 Å².